The van der Waals surface area contributed by atoms with Gasteiger partial charge in [0.1, 0.15) is 0 Å². The van der Waals surface area contributed by atoms with Crippen LogP contribution in [0.4, 0.5) is 0 Å². The lowest BCUT2D eigenvalue weighted by Crippen LogP contribution is -2.42. The minimum atomic E-state index is -0.127. The molecule has 0 unspecified atom stereocenters. The average molecular weight is 341 g/mol. The minimum Gasteiger partial charge on any atom is -0.246 e. The number of fused-ring (bicyclic) bond motifs is 7. The van der Waals surface area contributed by atoms with Crippen LogP contribution in [0.3, 0.4) is 0 Å². The highest BCUT2D eigenvalue weighted by molar-refractivity contribution is 5.16. The molecule has 1 aromatic rings. The van der Waals surface area contributed by atoms with E-state index in [1.165, 1.54) is 6.42 Å². The van der Waals surface area contributed by atoms with Crippen molar-refractivity contribution in [3.8, 4) is 0 Å². The van der Waals surface area contributed by atoms with Gasteiger partial charge in [-0.25, -0.2) is 23.5 Å². The van der Waals surface area contributed by atoms with E-state index in [1.807, 2.05) is 0 Å². The molecule has 0 aromatic carbocycles. The summed E-state index contributed by atoms with van der Waals surface area (Å²) in [6.45, 7) is 6.95. The lowest BCUT2D eigenvalue weighted by Gasteiger charge is -2.38. The Bertz CT molecular complexity index is 912. The molecule has 1 aliphatic heterocycles. The molecule has 0 N–H and O–H groups in total. The molecule has 0 saturated heterocycles. The maximum absolute atomic E-state index is 13.4. The molecule has 2 fully saturated rings. The molecule has 5 rings (SSSR count). The first-order valence-electron chi connectivity index (χ1n) is 9.67. The zero-order valence-electron chi connectivity index (χ0n) is 15.3. The molecule has 2 heterocycles. The predicted octanol–water partition coefficient (Wildman–Crippen LogP) is 3.20. The van der Waals surface area contributed by atoms with Gasteiger partial charge in [-0.2, -0.15) is 0 Å². The molecule has 4 bridgehead atoms. The van der Waals surface area contributed by atoms with E-state index >= 15 is 0 Å². The highest BCUT2D eigenvalue weighted by atomic mass is 16.2. The maximum Gasteiger partial charge on any atom is 0.348 e. The molecule has 0 amide bonds. The first kappa shape index (κ1) is 15.5. The fraction of sp³-hybridized carbons (Fsp3) is 0.700. The van der Waals surface area contributed by atoms with Crippen molar-refractivity contribution in [2.24, 2.45) is 16.7 Å². The molecule has 25 heavy (non-hydrogen) atoms. The summed E-state index contributed by atoms with van der Waals surface area (Å²) >= 11 is 0. The van der Waals surface area contributed by atoms with E-state index in [9.17, 15) is 9.59 Å². The summed E-state index contributed by atoms with van der Waals surface area (Å²) in [6.07, 6.45) is 13.5. The predicted molar refractivity (Wildman–Crippen MR) is 96.8 cm³/mol. The molecule has 3 aliphatic carbocycles. The van der Waals surface area contributed by atoms with Crippen LogP contribution in [-0.2, 0) is 0 Å². The number of rotatable bonds is 1. The van der Waals surface area contributed by atoms with Gasteiger partial charge in [-0.05, 0) is 48.9 Å². The average Bonchev–Trinajstić information content (AvgIpc) is 2.99. The van der Waals surface area contributed by atoms with Crippen molar-refractivity contribution in [3.63, 3.8) is 0 Å². The Balaban J connectivity index is 1.72. The fourth-order valence-electron chi connectivity index (χ4n) is 6.15. The minimum absolute atomic E-state index is 0.00190. The van der Waals surface area contributed by atoms with Crippen LogP contribution >= 0.6 is 0 Å². The summed E-state index contributed by atoms with van der Waals surface area (Å²) in [5.41, 5.74) is -0.0194. The van der Waals surface area contributed by atoms with Gasteiger partial charge in [0, 0.05) is 6.04 Å². The highest BCUT2D eigenvalue weighted by Gasteiger charge is 2.62. The Morgan fingerprint density at radius 2 is 1.76 bits per heavy atom. The summed E-state index contributed by atoms with van der Waals surface area (Å²) in [5, 5.41) is 0. The molecular weight excluding hydrogens is 314 g/mol. The van der Waals surface area contributed by atoms with Gasteiger partial charge in [0.25, 0.3) is 0 Å². The fourth-order valence-corrected chi connectivity index (χ4v) is 6.15. The molecule has 2 saturated carbocycles. The Hall–Kier alpha value is -1.78. The molecule has 5 nitrogen and oxygen atoms in total. The SMILES string of the molecule is CC1(C)[C@H]2CC[C@@]1(C)[C@@H](n1c(=O)n3n(c1=O)[C@H]1C=C[C@H]3C=CCC1)C2. The van der Waals surface area contributed by atoms with E-state index in [1.54, 1.807) is 13.9 Å². The molecule has 1 aromatic heterocycles. The number of nitrogens with zero attached hydrogens (tertiary/aromatic N) is 3. The van der Waals surface area contributed by atoms with E-state index in [0.717, 1.165) is 25.7 Å². The summed E-state index contributed by atoms with van der Waals surface area (Å²) in [6, 6.07) is -0.0997. The number of hydrogen-bond acceptors (Lipinski definition) is 2. The lowest BCUT2D eigenvalue weighted by atomic mass is 9.69. The van der Waals surface area contributed by atoms with Crippen LogP contribution in [0.25, 0.3) is 0 Å². The van der Waals surface area contributed by atoms with Crippen molar-refractivity contribution in [2.75, 3.05) is 0 Å². The van der Waals surface area contributed by atoms with Gasteiger partial charge in [-0.1, -0.05) is 45.1 Å². The summed E-state index contributed by atoms with van der Waals surface area (Å²) in [4.78, 5) is 26.7. The van der Waals surface area contributed by atoms with E-state index < -0.39 is 0 Å². The number of hydrogen-bond donors (Lipinski definition) is 0. The number of aromatic nitrogens is 3. The van der Waals surface area contributed by atoms with Gasteiger partial charge in [-0.3, -0.25) is 0 Å². The molecule has 0 spiro atoms. The van der Waals surface area contributed by atoms with Crippen molar-refractivity contribution < 1.29 is 0 Å². The standard InChI is InChI=1S/C20H27N3O2/c1-19(2)13-10-11-20(19,3)16(12-13)21-17(24)22-14-6-4-5-7-15(9-8-14)23(22)18(21)25/h4,6,8-9,13-16H,5,7,10-12H2,1-3H3/t13-,14+,15+,16-,20-/m0/s1. The second-order valence-corrected chi connectivity index (χ2v) is 9.20. The summed E-state index contributed by atoms with van der Waals surface area (Å²) < 4.78 is 5.05. The van der Waals surface area contributed by atoms with E-state index in [-0.39, 0.29) is 40.3 Å². The van der Waals surface area contributed by atoms with Crippen molar-refractivity contribution in [1.82, 2.24) is 13.9 Å². The third kappa shape index (κ3) is 1.69. The van der Waals surface area contributed by atoms with Crippen LogP contribution in [0, 0.1) is 16.7 Å². The van der Waals surface area contributed by atoms with E-state index in [4.69, 9.17) is 0 Å². The van der Waals surface area contributed by atoms with Crippen LogP contribution < -0.4 is 11.4 Å². The van der Waals surface area contributed by atoms with Gasteiger partial charge < -0.3 is 0 Å². The normalized spacial score (nSPS) is 40.3. The highest BCUT2D eigenvalue weighted by Crippen LogP contribution is 2.69. The second-order valence-electron chi connectivity index (χ2n) is 9.20. The summed E-state index contributed by atoms with van der Waals surface area (Å²) in [5.74, 6) is 0.607. The van der Waals surface area contributed by atoms with Crippen molar-refractivity contribution >= 4 is 0 Å². The Labute approximate surface area is 147 Å². The largest absolute Gasteiger partial charge is 0.348 e. The molecular formula is C20H27N3O2. The molecule has 134 valence electrons. The monoisotopic (exact) mass is 341 g/mol. The topological polar surface area (TPSA) is 48.9 Å². The van der Waals surface area contributed by atoms with Crippen molar-refractivity contribution in [2.45, 2.75) is 71.0 Å². The maximum atomic E-state index is 13.4. The molecule has 0 radical (unpaired) electrons. The van der Waals surface area contributed by atoms with E-state index in [2.05, 4.69) is 45.1 Å². The Morgan fingerprint density at radius 3 is 2.44 bits per heavy atom. The van der Waals surface area contributed by atoms with Crippen molar-refractivity contribution in [3.05, 3.63) is 45.3 Å². The molecule has 5 atom stereocenters. The quantitative estimate of drug-likeness (QED) is 0.737. The smallest absolute Gasteiger partial charge is 0.246 e. The Kier molecular flexibility index (Phi) is 2.90. The van der Waals surface area contributed by atoms with Crippen LogP contribution in [0.1, 0.15) is 71.0 Å². The first-order chi connectivity index (χ1) is 11.9. The zero-order valence-corrected chi connectivity index (χ0v) is 15.3. The third-order valence-corrected chi connectivity index (χ3v) is 8.19. The van der Waals surface area contributed by atoms with Crippen LogP contribution in [-0.4, -0.2) is 13.9 Å². The molecule has 4 aliphatic rings. The lowest BCUT2D eigenvalue weighted by molar-refractivity contribution is 0.103. The van der Waals surface area contributed by atoms with Gasteiger partial charge in [0.05, 0.1) is 12.1 Å². The molecule has 5 heteroatoms. The summed E-state index contributed by atoms with van der Waals surface area (Å²) in [7, 11) is 0. The van der Waals surface area contributed by atoms with Crippen LogP contribution in [0.5, 0.6) is 0 Å². The zero-order chi connectivity index (χ0) is 17.6. The van der Waals surface area contributed by atoms with Crippen LogP contribution in [0.15, 0.2) is 33.9 Å². The van der Waals surface area contributed by atoms with Gasteiger partial charge in [0.2, 0.25) is 0 Å². The van der Waals surface area contributed by atoms with Crippen molar-refractivity contribution in [1.29, 1.82) is 0 Å². The van der Waals surface area contributed by atoms with Gasteiger partial charge in [0.15, 0.2) is 0 Å². The number of allylic oxidation sites excluding steroid dienone is 4. The van der Waals surface area contributed by atoms with E-state index in [0.29, 0.717) is 5.92 Å². The van der Waals surface area contributed by atoms with Crippen LogP contribution in [0.2, 0.25) is 0 Å². The first-order valence-corrected chi connectivity index (χ1v) is 9.67. The van der Waals surface area contributed by atoms with Gasteiger partial charge in [-0.15, -0.1) is 0 Å². The third-order valence-electron chi connectivity index (χ3n) is 8.19. The second kappa shape index (κ2) is 4.68. The van der Waals surface area contributed by atoms with Gasteiger partial charge >= 0.3 is 11.4 Å². The Morgan fingerprint density at radius 1 is 1.00 bits per heavy atom.